The quantitative estimate of drug-likeness (QED) is 0.813. The number of benzene rings is 1. The highest BCUT2D eigenvalue weighted by atomic mass is 16.5. The van der Waals surface area contributed by atoms with E-state index in [1.54, 1.807) is 7.11 Å². The molecule has 3 nitrogen and oxygen atoms in total. The van der Waals surface area contributed by atoms with Gasteiger partial charge in [0.25, 0.3) is 0 Å². The second kappa shape index (κ2) is 3.77. The summed E-state index contributed by atoms with van der Waals surface area (Å²) in [7, 11) is 1.64. The Labute approximate surface area is 88.9 Å². The monoisotopic (exact) mass is 202 g/mol. The van der Waals surface area contributed by atoms with Gasteiger partial charge in [0.05, 0.1) is 12.6 Å². The van der Waals surface area contributed by atoms with Crippen LogP contribution in [0.25, 0.3) is 10.9 Å². The Kier molecular flexibility index (Phi) is 2.46. The number of pyridine rings is 1. The minimum atomic E-state index is 0.609. The number of nitrogen functional groups attached to an aromatic ring is 1. The molecule has 0 saturated heterocycles. The average Bonchev–Trinajstić information content (AvgIpc) is 2.27. The third-order valence-corrected chi connectivity index (χ3v) is 2.52. The van der Waals surface area contributed by atoms with Crippen LogP contribution < -0.4 is 10.5 Å². The first-order chi connectivity index (χ1) is 7.24. The minimum absolute atomic E-state index is 0.609. The van der Waals surface area contributed by atoms with Gasteiger partial charge in [-0.3, -0.25) is 0 Å². The molecule has 0 saturated carbocycles. The maximum atomic E-state index is 5.84. The highest BCUT2D eigenvalue weighted by Crippen LogP contribution is 2.22. The summed E-state index contributed by atoms with van der Waals surface area (Å²) >= 11 is 0. The van der Waals surface area contributed by atoms with E-state index >= 15 is 0 Å². The van der Waals surface area contributed by atoms with E-state index in [4.69, 9.17) is 10.5 Å². The van der Waals surface area contributed by atoms with Gasteiger partial charge in [0.1, 0.15) is 11.6 Å². The van der Waals surface area contributed by atoms with Crippen LogP contribution in [0.5, 0.6) is 5.75 Å². The number of anilines is 1. The predicted molar refractivity (Wildman–Crippen MR) is 62.1 cm³/mol. The molecule has 0 aliphatic carbocycles. The van der Waals surface area contributed by atoms with E-state index in [2.05, 4.69) is 18.0 Å². The molecule has 0 amide bonds. The molecule has 0 atom stereocenters. The summed E-state index contributed by atoms with van der Waals surface area (Å²) in [5.74, 6) is 1.41. The molecule has 1 aromatic carbocycles. The van der Waals surface area contributed by atoms with Gasteiger partial charge in [-0.2, -0.15) is 0 Å². The molecule has 0 unspecified atom stereocenters. The fourth-order valence-electron chi connectivity index (χ4n) is 1.62. The lowest BCUT2D eigenvalue weighted by atomic mass is 10.1. The molecule has 0 aliphatic heterocycles. The van der Waals surface area contributed by atoms with Crippen molar-refractivity contribution in [3.63, 3.8) is 0 Å². The van der Waals surface area contributed by atoms with Crippen molar-refractivity contribution >= 4 is 16.7 Å². The zero-order valence-corrected chi connectivity index (χ0v) is 8.95. The number of hydrogen-bond acceptors (Lipinski definition) is 3. The van der Waals surface area contributed by atoms with Crippen molar-refractivity contribution in [3.05, 3.63) is 29.8 Å². The summed E-state index contributed by atoms with van der Waals surface area (Å²) in [5.41, 5.74) is 7.81. The SMILES string of the molecule is CCc1cc2ccc(OC)cc2nc1N. The molecule has 1 heterocycles. The van der Waals surface area contributed by atoms with Gasteiger partial charge < -0.3 is 10.5 Å². The molecule has 0 bridgehead atoms. The van der Waals surface area contributed by atoms with Crippen molar-refractivity contribution in [2.75, 3.05) is 12.8 Å². The Hall–Kier alpha value is -1.77. The largest absolute Gasteiger partial charge is 0.497 e. The van der Waals surface area contributed by atoms with Crippen molar-refractivity contribution in [2.45, 2.75) is 13.3 Å². The van der Waals surface area contributed by atoms with Crippen LogP contribution in [0.2, 0.25) is 0 Å². The number of ether oxygens (including phenoxy) is 1. The molecule has 2 N–H and O–H groups in total. The van der Waals surface area contributed by atoms with Gasteiger partial charge in [0.2, 0.25) is 0 Å². The zero-order valence-electron chi connectivity index (χ0n) is 8.95. The lowest BCUT2D eigenvalue weighted by Gasteiger charge is -2.06. The maximum absolute atomic E-state index is 5.84. The van der Waals surface area contributed by atoms with Crippen LogP contribution in [0.1, 0.15) is 12.5 Å². The molecule has 0 fully saturated rings. The number of fused-ring (bicyclic) bond motifs is 1. The summed E-state index contributed by atoms with van der Waals surface area (Å²) in [4.78, 5) is 4.35. The Balaban J connectivity index is 2.65. The second-order valence-electron chi connectivity index (χ2n) is 3.44. The highest BCUT2D eigenvalue weighted by molar-refractivity contribution is 5.82. The summed E-state index contributed by atoms with van der Waals surface area (Å²) in [6.07, 6.45) is 0.904. The van der Waals surface area contributed by atoms with E-state index in [1.807, 2.05) is 18.2 Å². The van der Waals surface area contributed by atoms with Gasteiger partial charge >= 0.3 is 0 Å². The number of nitrogens with two attached hydrogens (primary N) is 1. The van der Waals surface area contributed by atoms with Crippen LogP contribution in [0.15, 0.2) is 24.3 Å². The summed E-state index contributed by atoms with van der Waals surface area (Å²) < 4.78 is 5.14. The van der Waals surface area contributed by atoms with Gasteiger partial charge in [-0.15, -0.1) is 0 Å². The van der Waals surface area contributed by atoms with Crippen LogP contribution in [0, 0.1) is 0 Å². The third-order valence-electron chi connectivity index (χ3n) is 2.52. The fourth-order valence-corrected chi connectivity index (χ4v) is 1.62. The lowest BCUT2D eigenvalue weighted by molar-refractivity contribution is 0.415. The molecular formula is C12H14N2O. The first-order valence-corrected chi connectivity index (χ1v) is 4.97. The van der Waals surface area contributed by atoms with Crippen LogP contribution >= 0.6 is 0 Å². The average molecular weight is 202 g/mol. The van der Waals surface area contributed by atoms with E-state index in [1.165, 1.54) is 0 Å². The van der Waals surface area contributed by atoms with Gasteiger partial charge in [-0.25, -0.2) is 4.98 Å². The summed E-state index contributed by atoms with van der Waals surface area (Å²) in [5, 5.41) is 1.10. The van der Waals surface area contributed by atoms with Crippen molar-refractivity contribution in [1.82, 2.24) is 4.98 Å². The van der Waals surface area contributed by atoms with Gasteiger partial charge in [0.15, 0.2) is 0 Å². The zero-order chi connectivity index (χ0) is 10.8. The van der Waals surface area contributed by atoms with Crippen molar-refractivity contribution in [1.29, 1.82) is 0 Å². The Morgan fingerprint density at radius 3 is 2.80 bits per heavy atom. The van der Waals surface area contributed by atoms with Crippen molar-refractivity contribution < 1.29 is 4.74 Å². The van der Waals surface area contributed by atoms with Crippen LogP contribution in [-0.4, -0.2) is 12.1 Å². The Morgan fingerprint density at radius 1 is 1.33 bits per heavy atom. The van der Waals surface area contributed by atoms with E-state index in [9.17, 15) is 0 Å². The number of hydrogen-bond donors (Lipinski definition) is 1. The van der Waals surface area contributed by atoms with Crippen molar-refractivity contribution in [2.24, 2.45) is 0 Å². The maximum Gasteiger partial charge on any atom is 0.127 e. The van der Waals surface area contributed by atoms with E-state index in [0.29, 0.717) is 5.82 Å². The number of rotatable bonds is 2. The third kappa shape index (κ3) is 1.73. The number of aromatic nitrogens is 1. The topological polar surface area (TPSA) is 48.1 Å². The molecule has 0 aliphatic rings. The fraction of sp³-hybridized carbons (Fsp3) is 0.250. The smallest absolute Gasteiger partial charge is 0.127 e. The normalized spacial score (nSPS) is 10.5. The standard InChI is InChI=1S/C12H14N2O/c1-3-8-6-9-4-5-10(15-2)7-11(9)14-12(8)13/h4-7H,3H2,1-2H3,(H2,13,14). The molecule has 0 spiro atoms. The van der Waals surface area contributed by atoms with Gasteiger partial charge in [-0.1, -0.05) is 6.92 Å². The predicted octanol–water partition coefficient (Wildman–Crippen LogP) is 2.39. The first-order valence-electron chi connectivity index (χ1n) is 4.97. The van der Waals surface area contributed by atoms with E-state index < -0.39 is 0 Å². The van der Waals surface area contributed by atoms with Crippen molar-refractivity contribution in [3.8, 4) is 5.75 Å². The molecule has 0 radical (unpaired) electrons. The Bertz CT molecular complexity index is 494. The van der Waals surface area contributed by atoms with Gasteiger partial charge in [-0.05, 0) is 30.2 Å². The first kappa shape index (κ1) is 9.77. The lowest BCUT2D eigenvalue weighted by Crippen LogP contribution is -1.97. The van der Waals surface area contributed by atoms with Crippen LogP contribution in [0.4, 0.5) is 5.82 Å². The van der Waals surface area contributed by atoms with Crippen LogP contribution in [-0.2, 0) is 6.42 Å². The second-order valence-corrected chi connectivity index (χ2v) is 3.44. The summed E-state index contributed by atoms with van der Waals surface area (Å²) in [6, 6.07) is 7.90. The van der Waals surface area contributed by atoms with Crippen LogP contribution in [0.3, 0.4) is 0 Å². The summed E-state index contributed by atoms with van der Waals surface area (Å²) in [6.45, 7) is 2.07. The molecule has 1 aromatic heterocycles. The Morgan fingerprint density at radius 2 is 2.13 bits per heavy atom. The molecule has 2 rings (SSSR count). The molecule has 15 heavy (non-hydrogen) atoms. The van der Waals surface area contributed by atoms with E-state index in [0.717, 1.165) is 28.6 Å². The highest BCUT2D eigenvalue weighted by Gasteiger charge is 2.03. The number of nitrogens with zero attached hydrogens (tertiary/aromatic N) is 1. The minimum Gasteiger partial charge on any atom is -0.497 e. The molecular weight excluding hydrogens is 188 g/mol. The molecule has 2 aromatic rings. The number of methoxy groups -OCH3 is 1. The van der Waals surface area contributed by atoms with E-state index in [-0.39, 0.29) is 0 Å². The molecule has 3 heteroatoms. The van der Waals surface area contributed by atoms with Gasteiger partial charge in [0, 0.05) is 11.5 Å². The molecule has 78 valence electrons. The number of aryl methyl sites for hydroxylation is 1.